The summed E-state index contributed by atoms with van der Waals surface area (Å²) in [6.07, 6.45) is 0. The van der Waals surface area contributed by atoms with E-state index < -0.39 is 0 Å². The Kier molecular flexibility index (Phi) is 3.18. The molecule has 3 rings (SSSR count). The molecule has 0 saturated heterocycles. The van der Waals surface area contributed by atoms with Crippen LogP contribution in [0.25, 0.3) is 22.4 Å². The average Bonchev–Trinajstić information content (AvgIpc) is 2.74. The van der Waals surface area contributed by atoms with Gasteiger partial charge in [-0.05, 0) is 36.4 Å². The Hall–Kier alpha value is -0.840. The molecule has 1 N–H and O–H groups in total. The molecule has 1 heterocycles. The predicted octanol–water partition coefficient (Wildman–Crippen LogP) is 5.41. The predicted molar refractivity (Wildman–Crippen MR) is 81.9 cm³/mol. The third-order valence-corrected chi connectivity index (χ3v) is 4.05. The normalized spacial score (nSPS) is 11.1. The van der Waals surface area contributed by atoms with E-state index in [1.165, 1.54) is 0 Å². The zero-order valence-electron chi connectivity index (χ0n) is 9.05. The summed E-state index contributed by atoms with van der Waals surface area (Å²) < 4.78 is 2.01. The molecular formula is C13H7Br2ClN2. The van der Waals surface area contributed by atoms with Gasteiger partial charge >= 0.3 is 0 Å². The van der Waals surface area contributed by atoms with E-state index in [0.29, 0.717) is 5.02 Å². The third-order valence-electron chi connectivity index (χ3n) is 2.63. The van der Waals surface area contributed by atoms with Crippen LogP contribution in [-0.2, 0) is 0 Å². The first-order valence-electron chi connectivity index (χ1n) is 5.24. The minimum absolute atomic E-state index is 0.700. The molecule has 0 bridgehead atoms. The average molecular weight is 386 g/mol. The summed E-state index contributed by atoms with van der Waals surface area (Å²) in [7, 11) is 0. The van der Waals surface area contributed by atoms with E-state index in [-0.39, 0.29) is 0 Å². The largest absolute Gasteiger partial charge is 0.338 e. The Labute approximate surface area is 126 Å². The van der Waals surface area contributed by atoms with Crippen LogP contribution >= 0.6 is 43.5 Å². The summed E-state index contributed by atoms with van der Waals surface area (Å²) in [4.78, 5) is 7.84. The number of H-pyrrole nitrogens is 1. The SMILES string of the molecule is Clc1ccc2nc(-c3cc(Br)ccc3Br)[nH]c2c1. The highest BCUT2D eigenvalue weighted by Gasteiger charge is 2.09. The number of rotatable bonds is 1. The van der Waals surface area contributed by atoms with Gasteiger partial charge in [-0.1, -0.05) is 43.5 Å². The zero-order chi connectivity index (χ0) is 12.7. The highest BCUT2D eigenvalue weighted by Crippen LogP contribution is 2.31. The van der Waals surface area contributed by atoms with Gasteiger partial charge in [0.25, 0.3) is 0 Å². The quantitative estimate of drug-likeness (QED) is 0.595. The number of aromatic amines is 1. The second-order valence-corrected chi connectivity index (χ2v) is 6.08. The van der Waals surface area contributed by atoms with E-state index in [1.807, 2.05) is 36.4 Å². The summed E-state index contributed by atoms with van der Waals surface area (Å²) in [5, 5.41) is 0.700. The third kappa shape index (κ3) is 2.20. The number of imidazole rings is 1. The number of benzene rings is 2. The molecule has 0 atom stereocenters. The Balaban J connectivity index is 2.22. The van der Waals surface area contributed by atoms with Crippen LogP contribution in [0.2, 0.25) is 5.02 Å². The monoisotopic (exact) mass is 384 g/mol. The highest BCUT2D eigenvalue weighted by atomic mass is 79.9. The molecule has 0 aliphatic heterocycles. The van der Waals surface area contributed by atoms with Crippen LogP contribution in [0, 0.1) is 0 Å². The van der Waals surface area contributed by atoms with Gasteiger partial charge in [0.1, 0.15) is 5.82 Å². The van der Waals surface area contributed by atoms with Crippen LogP contribution in [0.5, 0.6) is 0 Å². The van der Waals surface area contributed by atoms with Crippen molar-refractivity contribution in [3.63, 3.8) is 0 Å². The Morgan fingerprint density at radius 1 is 1.06 bits per heavy atom. The van der Waals surface area contributed by atoms with E-state index in [9.17, 15) is 0 Å². The molecule has 5 heteroatoms. The van der Waals surface area contributed by atoms with Crippen molar-refractivity contribution in [1.82, 2.24) is 9.97 Å². The Morgan fingerprint density at radius 3 is 2.72 bits per heavy atom. The molecule has 3 aromatic rings. The molecule has 18 heavy (non-hydrogen) atoms. The summed E-state index contributed by atoms with van der Waals surface area (Å²) in [6.45, 7) is 0. The zero-order valence-corrected chi connectivity index (χ0v) is 13.0. The number of hydrogen-bond donors (Lipinski definition) is 1. The minimum atomic E-state index is 0.700. The molecule has 0 aliphatic rings. The van der Waals surface area contributed by atoms with E-state index in [2.05, 4.69) is 41.8 Å². The number of aromatic nitrogens is 2. The van der Waals surface area contributed by atoms with E-state index in [0.717, 1.165) is 31.4 Å². The van der Waals surface area contributed by atoms with Gasteiger partial charge in [-0.15, -0.1) is 0 Å². The van der Waals surface area contributed by atoms with Crippen LogP contribution in [0.15, 0.2) is 45.3 Å². The Morgan fingerprint density at radius 2 is 1.89 bits per heavy atom. The molecule has 90 valence electrons. The van der Waals surface area contributed by atoms with Gasteiger partial charge in [0.15, 0.2) is 0 Å². The molecule has 0 spiro atoms. The molecule has 0 saturated carbocycles. The second-order valence-electron chi connectivity index (χ2n) is 3.87. The maximum absolute atomic E-state index is 5.97. The lowest BCUT2D eigenvalue weighted by molar-refractivity contribution is 1.32. The van der Waals surface area contributed by atoms with Gasteiger partial charge in [-0.25, -0.2) is 4.98 Å². The van der Waals surface area contributed by atoms with Crippen molar-refractivity contribution in [2.45, 2.75) is 0 Å². The van der Waals surface area contributed by atoms with E-state index >= 15 is 0 Å². The molecule has 1 aromatic heterocycles. The fraction of sp³-hybridized carbons (Fsp3) is 0. The first-order chi connectivity index (χ1) is 8.63. The van der Waals surface area contributed by atoms with Crippen LogP contribution < -0.4 is 0 Å². The molecule has 0 radical (unpaired) electrons. The minimum Gasteiger partial charge on any atom is -0.338 e. The smallest absolute Gasteiger partial charge is 0.139 e. The van der Waals surface area contributed by atoms with Gasteiger partial charge in [0, 0.05) is 19.5 Å². The van der Waals surface area contributed by atoms with Crippen LogP contribution in [0.1, 0.15) is 0 Å². The number of fused-ring (bicyclic) bond motifs is 1. The van der Waals surface area contributed by atoms with Crippen molar-refractivity contribution < 1.29 is 0 Å². The fourth-order valence-electron chi connectivity index (χ4n) is 1.79. The topological polar surface area (TPSA) is 28.7 Å². The lowest BCUT2D eigenvalue weighted by Crippen LogP contribution is -1.82. The standard InChI is InChI=1S/C13H7Br2ClN2/c14-7-1-3-10(15)9(5-7)13-17-11-4-2-8(16)6-12(11)18-13/h1-6H,(H,17,18). The van der Waals surface area contributed by atoms with Crippen molar-refractivity contribution in [3.8, 4) is 11.4 Å². The van der Waals surface area contributed by atoms with Gasteiger partial charge < -0.3 is 4.98 Å². The first kappa shape index (κ1) is 12.2. The fourth-order valence-corrected chi connectivity index (χ4v) is 2.76. The molecule has 0 aliphatic carbocycles. The molecule has 2 nitrogen and oxygen atoms in total. The first-order valence-corrected chi connectivity index (χ1v) is 7.20. The Bertz CT molecular complexity index is 737. The molecular weight excluding hydrogens is 379 g/mol. The molecule has 0 fully saturated rings. The van der Waals surface area contributed by atoms with E-state index in [1.54, 1.807) is 0 Å². The van der Waals surface area contributed by atoms with Crippen LogP contribution in [0.4, 0.5) is 0 Å². The summed E-state index contributed by atoms with van der Waals surface area (Å²) in [5.74, 6) is 0.820. The van der Waals surface area contributed by atoms with Crippen molar-refractivity contribution in [3.05, 3.63) is 50.4 Å². The van der Waals surface area contributed by atoms with Gasteiger partial charge in [-0.2, -0.15) is 0 Å². The highest BCUT2D eigenvalue weighted by molar-refractivity contribution is 9.11. The lowest BCUT2D eigenvalue weighted by Gasteiger charge is -2.01. The summed E-state index contributed by atoms with van der Waals surface area (Å²) in [5.41, 5.74) is 2.85. The summed E-state index contributed by atoms with van der Waals surface area (Å²) in [6, 6.07) is 11.6. The maximum Gasteiger partial charge on any atom is 0.139 e. The molecule has 2 aromatic carbocycles. The molecule has 0 amide bonds. The van der Waals surface area contributed by atoms with Crippen LogP contribution in [-0.4, -0.2) is 9.97 Å². The van der Waals surface area contributed by atoms with Gasteiger partial charge in [0.05, 0.1) is 11.0 Å². The number of hydrogen-bond acceptors (Lipinski definition) is 1. The maximum atomic E-state index is 5.97. The van der Waals surface area contributed by atoms with Gasteiger partial charge in [0.2, 0.25) is 0 Å². The van der Waals surface area contributed by atoms with Crippen molar-refractivity contribution in [1.29, 1.82) is 0 Å². The van der Waals surface area contributed by atoms with Crippen LogP contribution in [0.3, 0.4) is 0 Å². The number of halogens is 3. The number of nitrogens with zero attached hydrogens (tertiary/aromatic N) is 1. The van der Waals surface area contributed by atoms with Crippen molar-refractivity contribution in [2.75, 3.05) is 0 Å². The van der Waals surface area contributed by atoms with E-state index in [4.69, 9.17) is 11.6 Å². The van der Waals surface area contributed by atoms with Crippen molar-refractivity contribution in [2.24, 2.45) is 0 Å². The second kappa shape index (κ2) is 4.68. The van der Waals surface area contributed by atoms with Gasteiger partial charge in [-0.3, -0.25) is 0 Å². The lowest BCUT2D eigenvalue weighted by atomic mass is 10.2. The number of nitrogens with one attached hydrogen (secondary N) is 1. The summed E-state index contributed by atoms with van der Waals surface area (Å²) >= 11 is 13.0. The molecule has 0 unspecified atom stereocenters. The van der Waals surface area contributed by atoms with Crippen molar-refractivity contribution >= 4 is 54.5 Å².